The number of aromatic nitrogens is 2. The van der Waals surface area contributed by atoms with E-state index >= 15 is 0 Å². The number of nitrogens with zero attached hydrogens (tertiary/aromatic N) is 2. The molecule has 6 heteroatoms. The van der Waals surface area contributed by atoms with Crippen molar-refractivity contribution in [3.05, 3.63) is 89.6 Å². The summed E-state index contributed by atoms with van der Waals surface area (Å²) in [6.07, 6.45) is 7.05. The minimum Gasteiger partial charge on any atom is -0.489 e. The molecule has 138 valence electrons. The molecular formula is C22H16N2O4. The van der Waals surface area contributed by atoms with Gasteiger partial charge in [0.25, 0.3) is 0 Å². The Morgan fingerprint density at radius 2 is 1.93 bits per heavy atom. The molecule has 2 aromatic carbocycles. The Balaban J connectivity index is 1.45. The lowest BCUT2D eigenvalue weighted by atomic mass is 10.2. The van der Waals surface area contributed by atoms with Crippen molar-refractivity contribution in [1.82, 2.24) is 9.97 Å². The third-order valence-corrected chi connectivity index (χ3v) is 4.09. The highest BCUT2D eigenvalue weighted by atomic mass is 16.5. The van der Waals surface area contributed by atoms with Gasteiger partial charge in [-0.2, -0.15) is 0 Å². The number of pyridine rings is 1. The Bertz CT molecular complexity index is 1130. The van der Waals surface area contributed by atoms with Crippen LogP contribution in [0.1, 0.15) is 27.4 Å². The molecule has 0 saturated carbocycles. The quantitative estimate of drug-likeness (QED) is 0.529. The minimum absolute atomic E-state index is 0.121. The fourth-order valence-electron chi connectivity index (χ4n) is 2.70. The lowest BCUT2D eigenvalue weighted by molar-refractivity contribution is 0.0699. The zero-order valence-electron chi connectivity index (χ0n) is 14.8. The van der Waals surface area contributed by atoms with Gasteiger partial charge in [0, 0.05) is 24.0 Å². The summed E-state index contributed by atoms with van der Waals surface area (Å²) in [4.78, 5) is 19.6. The minimum atomic E-state index is -1.03. The summed E-state index contributed by atoms with van der Waals surface area (Å²) in [6.45, 7) is 0.456. The van der Waals surface area contributed by atoms with Gasteiger partial charge in [0.2, 0.25) is 5.89 Å². The summed E-state index contributed by atoms with van der Waals surface area (Å²) >= 11 is 0. The van der Waals surface area contributed by atoms with Crippen LogP contribution in [0.5, 0.6) is 5.75 Å². The molecule has 2 heterocycles. The van der Waals surface area contributed by atoms with Gasteiger partial charge in [0.05, 0.1) is 5.56 Å². The number of ether oxygens (including phenoxy) is 1. The van der Waals surface area contributed by atoms with Crippen LogP contribution < -0.4 is 4.74 Å². The number of benzene rings is 2. The van der Waals surface area contributed by atoms with Crippen LogP contribution in [0.25, 0.3) is 23.3 Å². The number of fused-ring (bicyclic) bond motifs is 1. The van der Waals surface area contributed by atoms with E-state index in [9.17, 15) is 9.90 Å². The van der Waals surface area contributed by atoms with Crippen molar-refractivity contribution in [3.8, 4) is 5.75 Å². The largest absolute Gasteiger partial charge is 0.489 e. The summed E-state index contributed by atoms with van der Waals surface area (Å²) < 4.78 is 11.3. The Labute approximate surface area is 160 Å². The first-order valence-corrected chi connectivity index (χ1v) is 8.62. The molecule has 0 amide bonds. The topological polar surface area (TPSA) is 85.5 Å². The van der Waals surface area contributed by atoms with E-state index in [0.29, 0.717) is 23.6 Å². The molecule has 4 rings (SSSR count). The first-order valence-electron chi connectivity index (χ1n) is 8.62. The van der Waals surface area contributed by atoms with Gasteiger partial charge in [-0.3, -0.25) is 4.98 Å². The van der Waals surface area contributed by atoms with E-state index in [1.165, 1.54) is 6.07 Å². The molecule has 0 fully saturated rings. The number of carboxylic acids is 1. The van der Waals surface area contributed by atoms with Crippen molar-refractivity contribution in [2.45, 2.75) is 6.61 Å². The standard InChI is InChI=1S/C22H16N2O4/c25-22(26)18-4-1-5-19-21(18)24-20(28-19)11-8-15-6-9-17(10-7-15)27-14-16-3-2-12-23-13-16/h1-13H,14H2,(H,25,26). The van der Waals surface area contributed by atoms with E-state index in [4.69, 9.17) is 9.15 Å². The van der Waals surface area contributed by atoms with Crippen LogP contribution in [0, 0.1) is 0 Å². The first-order chi connectivity index (χ1) is 13.7. The van der Waals surface area contributed by atoms with E-state index in [-0.39, 0.29) is 5.56 Å². The molecular weight excluding hydrogens is 356 g/mol. The van der Waals surface area contributed by atoms with Crippen molar-refractivity contribution >= 4 is 29.2 Å². The molecule has 0 saturated heterocycles. The van der Waals surface area contributed by atoms with Gasteiger partial charge in [-0.05, 0) is 42.0 Å². The highest BCUT2D eigenvalue weighted by Crippen LogP contribution is 2.21. The Hall–Kier alpha value is -3.93. The summed E-state index contributed by atoms with van der Waals surface area (Å²) in [5.41, 5.74) is 2.85. The molecule has 0 unspecified atom stereocenters. The monoisotopic (exact) mass is 372 g/mol. The fourth-order valence-corrected chi connectivity index (χ4v) is 2.70. The van der Waals surface area contributed by atoms with E-state index in [1.54, 1.807) is 30.6 Å². The second-order valence-corrected chi connectivity index (χ2v) is 6.06. The Morgan fingerprint density at radius 1 is 1.07 bits per heavy atom. The molecule has 0 atom stereocenters. The molecule has 1 N–H and O–H groups in total. The molecule has 0 radical (unpaired) electrons. The highest BCUT2D eigenvalue weighted by molar-refractivity contribution is 6.00. The molecule has 0 aliphatic heterocycles. The number of para-hydroxylation sites is 1. The summed E-state index contributed by atoms with van der Waals surface area (Å²) in [7, 11) is 0. The van der Waals surface area contributed by atoms with Gasteiger partial charge in [0.1, 0.15) is 17.9 Å². The maximum absolute atomic E-state index is 11.3. The van der Waals surface area contributed by atoms with Crippen LogP contribution in [0.15, 0.2) is 71.4 Å². The van der Waals surface area contributed by atoms with Crippen molar-refractivity contribution in [1.29, 1.82) is 0 Å². The number of oxazole rings is 1. The number of carboxylic acid groups (broad SMARTS) is 1. The van der Waals surface area contributed by atoms with Gasteiger partial charge < -0.3 is 14.3 Å². The van der Waals surface area contributed by atoms with Crippen LogP contribution in [-0.4, -0.2) is 21.0 Å². The van der Waals surface area contributed by atoms with Gasteiger partial charge in [0.15, 0.2) is 5.58 Å². The predicted molar refractivity (Wildman–Crippen MR) is 105 cm³/mol. The van der Waals surface area contributed by atoms with Crippen molar-refractivity contribution in [2.24, 2.45) is 0 Å². The van der Waals surface area contributed by atoms with Gasteiger partial charge in [-0.15, -0.1) is 0 Å². The second-order valence-electron chi connectivity index (χ2n) is 6.06. The number of carbonyl (C=O) groups is 1. The maximum Gasteiger partial charge on any atom is 0.338 e. The molecule has 0 spiro atoms. The molecule has 6 nitrogen and oxygen atoms in total. The second kappa shape index (κ2) is 7.75. The lowest BCUT2D eigenvalue weighted by Gasteiger charge is -2.05. The normalized spacial score (nSPS) is 11.1. The van der Waals surface area contributed by atoms with Crippen LogP contribution in [0.3, 0.4) is 0 Å². The molecule has 2 aromatic heterocycles. The summed E-state index contributed by atoms with van der Waals surface area (Å²) in [5.74, 6) is 0.0749. The van der Waals surface area contributed by atoms with Gasteiger partial charge in [-0.1, -0.05) is 24.3 Å². The maximum atomic E-state index is 11.3. The van der Waals surface area contributed by atoms with Crippen molar-refractivity contribution in [3.63, 3.8) is 0 Å². The van der Waals surface area contributed by atoms with E-state index in [2.05, 4.69) is 9.97 Å². The number of rotatable bonds is 6. The average molecular weight is 372 g/mol. The van der Waals surface area contributed by atoms with E-state index in [1.807, 2.05) is 42.5 Å². The van der Waals surface area contributed by atoms with E-state index < -0.39 is 5.97 Å². The van der Waals surface area contributed by atoms with Crippen LogP contribution >= 0.6 is 0 Å². The van der Waals surface area contributed by atoms with Gasteiger partial charge >= 0.3 is 5.97 Å². The highest BCUT2D eigenvalue weighted by Gasteiger charge is 2.13. The van der Waals surface area contributed by atoms with Crippen LogP contribution in [0.2, 0.25) is 0 Å². The number of aromatic carboxylic acids is 1. The zero-order valence-corrected chi connectivity index (χ0v) is 14.8. The Kier molecular flexibility index (Phi) is 4.84. The smallest absolute Gasteiger partial charge is 0.338 e. The molecule has 0 aliphatic carbocycles. The molecule has 28 heavy (non-hydrogen) atoms. The molecule has 0 aliphatic rings. The van der Waals surface area contributed by atoms with Crippen LogP contribution in [0.4, 0.5) is 0 Å². The van der Waals surface area contributed by atoms with Crippen molar-refractivity contribution in [2.75, 3.05) is 0 Å². The number of hydrogen-bond acceptors (Lipinski definition) is 5. The average Bonchev–Trinajstić information content (AvgIpc) is 3.15. The lowest BCUT2D eigenvalue weighted by Crippen LogP contribution is -1.96. The molecule has 4 aromatic rings. The van der Waals surface area contributed by atoms with Crippen LogP contribution in [-0.2, 0) is 6.61 Å². The van der Waals surface area contributed by atoms with Crippen molar-refractivity contribution < 1.29 is 19.1 Å². The Morgan fingerprint density at radius 3 is 2.68 bits per heavy atom. The van der Waals surface area contributed by atoms with Gasteiger partial charge in [-0.25, -0.2) is 9.78 Å². The predicted octanol–water partition coefficient (Wildman–Crippen LogP) is 4.67. The fraction of sp³-hybridized carbons (Fsp3) is 0.0455. The van der Waals surface area contributed by atoms with E-state index in [0.717, 1.165) is 16.9 Å². The SMILES string of the molecule is O=C(O)c1cccc2oc(C=Cc3ccc(OCc4cccnc4)cc3)nc12. The zero-order chi connectivity index (χ0) is 19.3. The summed E-state index contributed by atoms with van der Waals surface area (Å²) in [5, 5.41) is 9.23. The third kappa shape index (κ3) is 3.91. The number of hydrogen-bond donors (Lipinski definition) is 1. The first kappa shape index (κ1) is 17.5. The third-order valence-electron chi connectivity index (χ3n) is 4.09. The molecule has 0 bridgehead atoms. The summed E-state index contributed by atoms with van der Waals surface area (Å²) in [6, 6.07) is 16.3.